The van der Waals surface area contributed by atoms with Gasteiger partial charge >= 0.3 is 0 Å². The van der Waals surface area contributed by atoms with Crippen LogP contribution in [0.3, 0.4) is 0 Å². The molecule has 0 aliphatic carbocycles. The smallest absolute Gasteiger partial charge is 0.124 e. The number of benzene rings is 3. The lowest BCUT2D eigenvalue weighted by atomic mass is 9.87. The van der Waals surface area contributed by atoms with Crippen LogP contribution in [0.25, 0.3) is 22.3 Å². The van der Waals surface area contributed by atoms with Gasteiger partial charge in [0.25, 0.3) is 0 Å². The minimum Gasteiger partial charge on any atom is -0.507 e. The summed E-state index contributed by atoms with van der Waals surface area (Å²) in [6.45, 7) is 8.49. The molecule has 3 rings (SSSR count). The van der Waals surface area contributed by atoms with Crippen molar-refractivity contribution in [3.63, 3.8) is 0 Å². The summed E-state index contributed by atoms with van der Waals surface area (Å²) in [7, 11) is 0. The SMILES string of the molecule is Cc1cccc(-c2cccc(O)c2-c2cccc(C)c2C)c1C. The third-order valence-electron chi connectivity index (χ3n) is 4.81. The van der Waals surface area contributed by atoms with Crippen LogP contribution >= 0.6 is 0 Å². The first kappa shape index (κ1) is 15.4. The number of phenols is 1. The summed E-state index contributed by atoms with van der Waals surface area (Å²) in [4.78, 5) is 0. The maximum atomic E-state index is 10.6. The van der Waals surface area contributed by atoms with Crippen LogP contribution in [-0.2, 0) is 0 Å². The molecule has 0 aliphatic heterocycles. The van der Waals surface area contributed by atoms with Gasteiger partial charge in [-0.15, -0.1) is 0 Å². The van der Waals surface area contributed by atoms with E-state index in [2.05, 4.69) is 70.2 Å². The summed E-state index contributed by atoms with van der Waals surface area (Å²) >= 11 is 0. The summed E-state index contributed by atoms with van der Waals surface area (Å²) in [5.41, 5.74) is 9.23. The largest absolute Gasteiger partial charge is 0.507 e. The highest BCUT2D eigenvalue weighted by molar-refractivity contribution is 5.90. The number of aromatic hydroxyl groups is 1. The second kappa shape index (κ2) is 5.92. The van der Waals surface area contributed by atoms with Crippen LogP contribution < -0.4 is 0 Å². The summed E-state index contributed by atoms with van der Waals surface area (Å²) < 4.78 is 0. The lowest BCUT2D eigenvalue weighted by Crippen LogP contribution is -1.93. The Hall–Kier alpha value is -2.54. The molecule has 0 unspecified atom stereocenters. The fourth-order valence-corrected chi connectivity index (χ4v) is 3.11. The zero-order valence-corrected chi connectivity index (χ0v) is 14.1. The molecule has 0 bridgehead atoms. The predicted molar refractivity (Wildman–Crippen MR) is 97.9 cm³/mol. The van der Waals surface area contributed by atoms with Gasteiger partial charge in [-0.2, -0.15) is 0 Å². The molecule has 1 heteroatoms. The van der Waals surface area contributed by atoms with Crippen molar-refractivity contribution in [2.24, 2.45) is 0 Å². The second-order valence-electron chi connectivity index (χ2n) is 6.19. The molecule has 0 spiro atoms. The molecule has 0 aliphatic rings. The van der Waals surface area contributed by atoms with Crippen LogP contribution in [0, 0.1) is 27.7 Å². The van der Waals surface area contributed by atoms with Crippen LogP contribution in [-0.4, -0.2) is 5.11 Å². The van der Waals surface area contributed by atoms with Gasteiger partial charge in [0, 0.05) is 5.56 Å². The molecule has 23 heavy (non-hydrogen) atoms. The first-order valence-corrected chi connectivity index (χ1v) is 7.96. The number of hydrogen-bond acceptors (Lipinski definition) is 1. The fourth-order valence-electron chi connectivity index (χ4n) is 3.11. The molecule has 3 aromatic rings. The highest BCUT2D eigenvalue weighted by Crippen LogP contribution is 2.41. The Labute approximate surface area is 138 Å². The monoisotopic (exact) mass is 302 g/mol. The third-order valence-corrected chi connectivity index (χ3v) is 4.81. The molecule has 3 aromatic carbocycles. The predicted octanol–water partition coefficient (Wildman–Crippen LogP) is 5.96. The number of phenolic OH excluding ortho intramolecular Hbond substituents is 1. The number of rotatable bonds is 2. The summed E-state index contributed by atoms with van der Waals surface area (Å²) in [5.74, 6) is 0.331. The molecular formula is C22H22O. The van der Waals surface area contributed by atoms with E-state index < -0.39 is 0 Å². The average molecular weight is 302 g/mol. The van der Waals surface area contributed by atoms with E-state index in [0.29, 0.717) is 5.75 Å². The van der Waals surface area contributed by atoms with Crippen molar-refractivity contribution in [2.75, 3.05) is 0 Å². The highest BCUT2D eigenvalue weighted by atomic mass is 16.3. The number of aryl methyl sites for hydroxylation is 2. The van der Waals surface area contributed by atoms with Crippen molar-refractivity contribution in [3.05, 3.63) is 76.9 Å². The maximum absolute atomic E-state index is 10.6. The molecule has 0 radical (unpaired) electrons. The molecule has 0 heterocycles. The third kappa shape index (κ3) is 2.63. The molecule has 0 saturated carbocycles. The van der Waals surface area contributed by atoms with Gasteiger partial charge in [0.15, 0.2) is 0 Å². The Kier molecular flexibility index (Phi) is 3.96. The molecule has 0 atom stereocenters. The van der Waals surface area contributed by atoms with Gasteiger partial charge in [-0.1, -0.05) is 48.5 Å². The molecule has 116 valence electrons. The van der Waals surface area contributed by atoms with E-state index in [1.54, 1.807) is 6.07 Å². The topological polar surface area (TPSA) is 20.2 Å². The Morgan fingerprint density at radius 1 is 0.565 bits per heavy atom. The van der Waals surface area contributed by atoms with Crippen LogP contribution in [0.2, 0.25) is 0 Å². The Bertz CT molecular complexity index is 875. The standard InChI is InChI=1S/C22H22O/c1-14-8-5-10-18(16(14)3)20-12-7-13-21(23)22(20)19-11-6-9-15(2)17(19)4/h5-13,23H,1-4H3. The Morgan fingerprint density at radius 2 is 1.04 bits per heavy atom. The van der Waals surface area contributed by atoms with Crippen molar-refractivity contribution in [1.29, 1.82) is 0 Å². The molecule has 0 amide bonds. The summed E-state index contributed by atoms with van der Waals surface area (Å²) in [6, 6.07) is 18.4. The van der Waals surface area contributed by atoms with Crippen molar-refractivity contribution in [2.45, 2.75) is 27.7 Å². The maximum Gasteiger partial charge on any atom is 0.124 e. The minimum absolute atomic E-state index is 0.331. The van der Waals surface area contributed by atoms with Gasteiger partial charge in [-0.05, 0) is 72.7 Å². The van der Waals surface area contributed by atoms with Crippen molar-refractivity contribution in [1.82, 2.24) is 0 Å². The quantitative estimate of drug-likeness (QED) is 0.619. The van der Waals surface area contributed by atoms with E-state index in [0.717, 1.165) is 16.7 Å². The molecule has 1 N–H and O–H groups in total. The lowest BCUT2D eigenvalue weighted by molar-refractivity contribution is 0.477. The first-order chi connectivity index (χ1) is 11.0. The van der Waals surface area contributed by atoms with E-state index in [9.17, 15) is 5.11 Å². The van der Waals surface area contributed by atoms with Crippen molar-refractivity contribution >= 4 is 0 Å². The van der Waals surface area contributed by atoms with E-state index in [1.807, 2.05) is 6.07 Å². The normalized spacial score (nSPS) is 10.8. The van der Waals surface area contributed by atoms with Gasteiger partial charge in [0.2, 0.25) is 0 Å². The van der Waals surface area contributed by atoms with Gasteiger partial charge in [-0.25, -0.2) is 0 Å². The van der Waals surface area contributed by atoms with E-state index >= 15 is 0 Å². The minimum atomic E-state index is 0.331. The fraction of sp³-hybridized carbons (Fsp3) is 0.182. The van der Waals surface area contributed by atoms with Crippen molar-refractivity contribution < 1.29 is 5.11 Å². The van der Waals surface area contributed by atoms with Gasteiger partial charge < -0.3 is 5.11 Å². The van der Waals surface area contributed by atoms with Gasteiger partial charge in [-0.3, -0.25) is 0 Å². The zero-order chi connectivity index (χ0) is 16.6. The lowest BCUT2D eigenvalue weighted by Gasteiger charge is -2.17. The molecule has 0 saturated heterocycles. The average Bonchev–Trinajstić information content (AvgIpc) is 2.53. The zero-order valence-electron chi connectivity index (χ0n) is 14.1. The molecule has 0 fully saturated rings. The Balaban J connectivity index is 2.35. The van der Waals surface area contributed by atoms with Crippen LogP contribution in [0.1, 0.15) is 22.3 Å². The van der Waals surface area contributed by atoms with Gasteiger partial charge in [0.05, 0.1) is 0 Å². The Morgan fingerprint density at radius 3 is 1.70 bits per heavy atom. The second-order valence-corrected chi connectivity index (χ2v) is 6.19. The molecular weight excluding hydrogens is 280 g/mol. The van der Waals surface area contributed by atoms with E-state index in [1.165, 1.54) is 27.8 Å². The van der Waals surface area contributed by atoms with Crippen molar-refractivity contribution in [3.8, 4) is 28.0 Å². The first-order valence-electron chi connectivity index (χ1n) is 7.96. The number of hydrogen-bond donors (Lipinski definition) is 1. The summed E-state index contributed by atoms with van der Waals surface area (Å²) in [6.07, 6.45) is 0. The van der Waals surface area contributed by atoms with Crippen LogP contribution in [0.15, 0.2) is 54.6 Å². The highest BCUT2D eigenvalue weighted by Gasteiger charge is 2.16. The van der Waals surface area contributed by atoms with Crippen LogP contribution in [0.5, 0.6) is 5.75 Å². The molecule has 0 aromatic heterocycles. The molecule has 1 nitrogen and oxygen atoms in total. The summed E-state index contributed by atoms with van der Waals surface area (Å²) in [5, 5.41) is 10.6. The van der Waals surface area contributed by atoms with Gasteiger partial charge in [0.1, 0.15) is 5.75 Å². The van der Waals surface area contributed by atoms with E-state index in [4.69, 9.17) is 0 Å². The van der Waals surface area contributed by atoms with E-state index in [-0.39, 0.29) is 0 Å². The van der Waals surface area contributed by atoms with Crippen LogP contribution in [0.4, 0.5) is 0 Å².